The Hall–Kier alpha value is -4.65. The second-order valence-corrected chi connectivity index (χ2v) is 7.54. The van der Waals surface area contributed by atoms with Crippen molar-refractivity contribution in [3.05, 3.63) is 96.7 Å². The summed E-state index contributed by atoms with van der Waals surface area (Å²) in [6, 6.07) is 27.6. The molecule has 0 amide bonds. The summed E-state index contributed by atoms with van der Waals surface area (Å²) in [5.41, 5.74) is 7.38. The first-order valence-corrected chi connectivity index (χ1v) is 10.8. The van der Waals surface area contributed by atoms with E-state index in [4.69, 9.17) is 14.6 Å². The molecule has 1 N–H and O–H groups in total. The molecule has 0 bridgehead atoms. The molecule has 3 aromatic carbocycles. The van der Waals surface area contributed by atoms with Crippen molar-refractivity contribution in [2.45, 2.75) is 0 Å². The Balaban J connectivity index is 1.50. The molecule has 2 heterocycles. The van der Waals surface area contributed by atoms with Gasteiger partial charge in [0, 0.05) is 22.7 Å². The molecule has 0 aliphatic carbocycles. The maximum absolute atomic E-state index is 5.49. The summed E-state index contributed by atoms with van der Waals surface area (Å²) < 4.78 is 12.7. The lowest BCUT2D eigenvalue weighted by atomic mass is 10.1. The standard InChI is InChI=1S/C27H23N5O2/c1-33-24-14-12-20(16-25(24)34-2)27-21(18-32(31-27)22-9-4-3-5-10-22)17-28-30-26-15-13-19-8-6-7-11-23(19)29-26/h3-18H,1-2H3,(H,29,30). The van der Waals surface area contributed by atoms with Gasteiger partial charge < -0.3 is 9.47 Å². The molecule has 0 radical (unpaired) electrons. The lowest BCUT2D eigenvalue weighted by Crippen LogP contribution is -1.95. The van der Waals surface area contributed by atoms with Gasteiger partial charge in [-0.15, -0.1) is 0 Å². The van der Waals surface area contributed by atoms with Crippen LogP contribution < -0.4 is 14.9 Å². The number of benzene rings is 3. The topological polar surface area (TPSA) is 73.6 Å². The van der Waals surface area contributed by atoms with E-state index in [9.17, 15) is 0 Å². The Labute approximate surface area is 197 Å². The molecule has 5 aromatic rings. The van der Waals surface area contributed by atoms with Gasteiger partial charge in [-0.05, 0) is 48.5 Å². The van der Waals surface area contributed by atoms with E-state index in [1.807, 2.05) is 95.8 Å². The van der Waals surface area contributed by atoms with Crippen LogP contribution in [-0.2, 0) is 0 Å². The summed E-state index contributed by atoms with van der Waals surface area (Å²) in [5.74, 6) is 1.96. The Morgan fingerprint density at radius 3 is 2.47 bits per heavy atom. The Morgan fingerprint density at radius 1 is 0.853 bits per heavy atom. The van der Waals surface area contributed by atoms with Gasteiger partial charge in [0.15, 0.2) is 11.5 Å². The minimum Gasteiger partial charge on any atom is -0.493 e. The lowest BCUT2D eigenvalue weighted by Gasteiger charge is -2.09. The van der Waals surface area contributed by atoms with Crippen molar-refractivity contribution in [2.24, 2.45) is 5.10 Å². The van der Waals surface area contributed by atoms with Crippen molar-refractivity contribution in [1.82, 2.24) is 14.8 Å². The van der Waals surface area contributed by atoms with Crippen molar-refractivity contribution in [3.63, 3.8) is 0 Å². The number of hydrogen-bond acceptors (Lipinski definition) is 6. The highest BCUT2D eigenvalue weighted by Gasteiger charge is 2.14. The molecular weight excluding hydrogens is 426 g/mol. The molecular formula is C27H23N5O2. The first kappa shape index (κ1) is 21.2. The van der Waals surface area contributed by atoms with Crippen molar-refractivity contribution in [1.29, 1.82) is 0 Å². The average molecular weight is 450 g/mol. The monoisotopic (exact) mass is 449 g/mol. The number of methoxy groups -OCH3 is 2. The van der Waals surface area contributed by atoms with Gasteiger partial charge in [0.05, 0.1) is 31.6 Å². The molecule has 2 aromatic heterocycles. The molecule has 0 aliphatic rings. The fourth-order valence-corrected chi connectivity index (χ4v) is 3.70. The van der Waals surface area contributed by atoms with Crippen LogP contribution in [0.1, 0.15) is 5.56 Å². The van der Waals surface area contributed by atoms with E-state index in [1.54, 1.807) is 20.4 Å². The quantitative estimate of drug-likeness (QED) is 0.260. The van der Waals surface area contributed by atoms with E-state index in [0.29, 0.717) is 17.3 Å². The Morgan fingerprint density at radius 2 is 1.65 bits per heavy atom. The largest absolute Gasteiger partial charge is 0.493 e. The van der Waals surface area contributed by atoms with Gasteiger partial charge in [-0.2, -0.15) is 10.2 Å². The minimum absolute atomic E-state index is 0.635. The zero-order valence-corrected chi connectivity index (χ0v) is 18.8. The van der Waals surface area contributed by atoms with Gasteiger partial charge in [-0.3, -0.25) is 5.43 Å². The zero-order chi connectivity index (χ0) is 23.3. The van der Waals surface area contributed by atoms with Crippen LogP contribution in [0.3, 0.4) is 0 Å². The summed E-state index contributed by atoms with van der Waals surface area (Å²) >= 11 is 0. The van der Waals surface area contributed by atoms with Crippen LogP contribution in [-0.4, -0.2) is 35.2 Å². The van der Waals surface area contributed by atoms with Crippen molar-refractivity contribution < 1.29 is 9.47 Å². The molecule has 34 heavy (non-hydrogen) atoms. The summed E-state index contributed by atoms with van der Waals surface area (Å²) in [6.07, 6.45) is 3.69. The fraction of sp³-hybridized carbons (Fsp3) is 0.0741. The molecule has 7 heteroatoms. The van der Waals surface area contributed by atoms with Crippen molar-refractivity contribution in [3.8, 4) is 28.4 Å². The molecule has 0 saturated carbocycles. The molecule has 0 aliphatic heterocycles. The highest BCUT2D eigenvalue weighted by molar-refractivity contribution is 5.89. The van der Waals surface area contributed by atoms with Crippen molar-refractivity contribution >= 4 is 22.9 Å². The number of aromatic nitrogens is 3. The fourth-order valence-electron chi connectivity index (χ4n) is 3.70. The third-order valence-corrected chi connectivity index (χ3v) is 5.40. The van der Waals surface area contributed by atoms with Gasteiger partial charge >= 0.3 is 0 Å². The third-order valence-electron chi connectivity index (χ3n) is 5.40. The molecule has 7 nitrogen and oxygen atoms in total. The highest BCUT2D eigenvalue weighted by atomic mass is 16.5. The predicted octanol–water partition coefficient (Wildman–Crippen LogP) is 5.55. The van der Waals surface area contributed by atoms with Crippen LogP contribution in [0, 0.1) is 0 Å². The number of ether oxygens (including phenoxy) is 2. The SMILES string of the molecule is COc1ccc(-c2nn(-c3ccccc3)cc2C=NNc2ccc3ccccc3n2)cc1OC. The minimum atomic E-state index is 0.635. The number of hydrazone groups is 1. The number of anilines is 1. The molecule has 0 unspecified atom stereocenters. The number of hydrogen-bond donors (Lipinski definition) is 1. The molecule has 168 valence electrons. The summed E-state index contributed by atoms with van der Waals surface area (Å²) in [7, 11) is 3.24. The van der Waals surface area contributed by atoms with Gasteiger partial charge in [0.25, 0.3) is 0 Å². The maximum Gasteiger partial charge on any atom is 0.161 e. The number of rotatable bonds is 7. The van der Waals surface area contributed by atoms with Crippen LogP contribution >= 0.6 is 0 Å². The van der Waals surface area contributed by atoms with Gasteiger partial charge in [0.1, 0.15) is 11.5 Å². The molecule has 0 spiro atoms. The van der Waals surface area contributed by atoms with Gasteiger partial charge in [0.2, 0.25) is 0 Å². The molecule has 5 rings (SSSR count). The van der Waals surface area contributed by atoms with Crippen LogP contribution in [0.5, 0.6) is 11.5 Å². The smallest absolute Gasteiger partial charge is 0.161 e. The van der Waals surface area contributed by atoms with E-state index in [-0.39, 0.29) is 0 Å². The van der Waals surface area contributed by atoms with E-state index in [2.05, 4.69) is 15.5 Å². The Kier molecular flexibility index (Phi) is 5.90. The zero-order valence-electron chi connectivity index (χ0n) is 18.8. The Bertz CT molecular complexity index is 1460. The number of pyridine rings is 1. The molecule has 0 saturated heterocycles. The summed E-state index contributed by atoms with van der Waals surface area (Å²) in [5, 5.41) is 10.4. The highest BCUT2D eigenvalue weighted by Crippen LogP contribution is 2.33. The second-order valence-electron chi connectivity index (χ2n) is 7.54. The average Bonchev–Trinajstić information content (AvgIpc) is 3.33. The summed E-state index contributed by atoms with van der Waals surface area (Å²) in [4.78, 5) is 4.61. The van der Waals surface area contributed by atoms with Crippen LogP contribution in [0.2, 0.25) is 0 Å². The number of nitrogens with zero attached hydrogens (tertiary/aromatic N) is 4. The van der Waals surface area contributed by atoms with E-state index < -0.39 is 0 Å². The van der Waals surface area contributed by atoms with Crippen LogP contribution in [0.15, 0.2) is 96.2 Å². The normalized spacial score (nSPS) is 11.1. The first-order valence-electron chi connectivity index (χ1n) is 10.8. The van der Waals surface area contributed by atoms with Crippen LogP contribution in [0.4, 0.5) is 5.82 Å². The first-order chi connectivity index (χ1) is 16.7. The van der Waals surface area contributed by atoms with Gasteiger partial charge in [-0.1, -0.05) is 36.4 Å². The van der Waals surface area contributed by atoms with E-state index >= 15 is 0 Å². The number of para-hydroxylation sites is 2. The second kappa shape index (κ2) is 9.46. The van der Waals surface area contributed by atoms with Crippen LogP contribution in [0.25, 0.3) is 27.8 Å². The van der Waals surface area contributed by atoms with Gasteiger partial charge in [-0.25, -0.2) is 9.67 Å². The third kappa shape index (κ3) is 4.31. The van der Waals surface area contributed by atoms with E-state index in [0.717, 1.165) is 33.4 Å². The number of fused-ring (bicyclic) bond motifs is 1. The maximum atomic E-state index is 5.49. The van der Waals surface area contributed by atoms with Crippen molar-refractivity contribution in [2.75, 3.05) is 19.6 Å². The number of nitrogens with one attached hydrogen (secondary N) is 1. The van der Waals surface area contributed by atoms with E-state index in [1.165, 1.54) is 0 Å². The summed E-state index contributed by atoms with van der Waals surface area (Å²) in [6.45, 7) is 0. The predicted molar refractivity (Wildman–Crippen MR) is 135 cm³/mol. The lowest BCUT2D eigenvalue weighted by molar-refractivity contribution is 0.355. The molecule has 0 fully saturated rings. The molecule has 0 atom stereocenters.